The number of carbonyl (C=O) groups is 1. The topological polar surface area (TPSA) is 80.2 Å². The van der Waals surface area contributed by atoms with Gasteiger partial charge in [-0.1, -0.05) is 51.1 Å². The molecule has 0 bridgehead atoms. The Kier molecular flexibility index (Phi) is 7.86. The summed E-state index contributed by atoms with van der Waals surface area (Å²) in [7, 11) is 0. The smallest absolute Gasteiger partial charge is 0.252 e. The van der Waals surface area contributed by atoms with Gasteiger partial charge in [-0.05, 0) is 47.0 Å². The second-order valence-corrected chi connectivity index (χ2v) is 8.29. The quantitative estimate of drug-likeness (QED) is 0.651. The maximum atomic E-state index is 13.3. The lowest BCUT2D eigenvalue weighted by Crippen LogP contribution is -2.60. The van der Waals surface area contributed by atoms with Crippen LogP contribution in [-0.4, -0.2) is 51.0 Å². The van der Waals surface area contributed by atoms with Gasteiger partial charge in [-0.3, -0.25) is 4.79 Å². The van der Waals surface area contributed by atoms with Crippen LogP contribution in [0.5, 0.6) is 0 Å². The first-order chi connectivity index (χ1) is 14.4. The molecule has 0 saturated carbocycles. The number of halogens is 2. The molecule has 0 spiro atoms. The molecule has 30 heavy (non-hydrogen) atoms. The van der Waals surface area contributed by atoms with E-state index in [1.807, 2.05) is 35.2 Å². The molecule has 9 heteroatoms. The lowest BCUT2D eigenvalue weighted by molar-refractivity contribution is -0.163. The van der Waals surface area contributed by atoms with Crippen molar-refractivity contribution in [2.24, 2.45) is 11.8 Å². The molecule has 4 unspecified atom stereocenters. The van der Waals surface area contributed by atoms with Gasteiger partial charge in [0, 0.05) is 13.1 Å². The van der Waals surface area contributed by atoms with E-state index in [9.17, 15) is 4.79 Å². The van der Waals surface area contributed by atoms with Gasteiger partial charge in [0.15, 0.2) is 0 Å². The third kappa shape index (κ3) is 5.39. The first-order valence-electron chi connectivity index (χ1n) is 10.2. The number of hydrogen-bond donors (Lipinski definition) is 1. The van der Waals surface area contributed by atoms with E-state index in [-0.39, 0.29) is 34.4 Å². The Morgan fingerprint density at radius 2 is 1.73 bits per heavy atom. The summed E-state index contributed by atoms with van der Waals surface area (Å²) in [5.74, 6) is 0.588. The number of benzene rings is 1. The summed E-state index contributed by atoms with van der Waals surface area (Å²) >= 11 is 11.7. The Balaban J connectivity index is 1.72. The predicted octanol–water partition coefficient (Wildman–Crippen LogP) is 4.07. The number of ether oxygens (including phenoxy) is 1. The molecule has 1 N–H and O–H groups in total. The number of nitrogens with one attached hydrogen (secondary N) is 1. The minimum Gasteiger partial charge on any atom is -0.363 e. The summed E-state index contributed by atoms with van der Waals surface area (Å²) in [6, 6.07) is 9.88. The average molecular weight is 452 g/mol. The summed E-state index contributed by atoms with van der Waals surface area (Å²) in [4.78, 5) is 27.1. The number of hydrogen-bond acceptors (Lipinski definition) is 6. The minimum absolute atomic E-state index is 0.0249. The number of likely N-dealkylation sites (tertiary alicyclic amines) is 1. The van der Waals surface area contributed by atoms with E-state index >= 15 is 0 Å². The zero-order chi connectivity index (χ0) is 21.7. The van der Waals surface area contributed by atoms with Crippen molar-refractivity contribution >= 4 is 35.1 Å². The minimum atomic E-state index is -0.468. The van der Waals surface area contributed by atoms with Crippen molar-refractivity contribution in [3.8, 4) is 0 Å². The molecule has 1 aromatic heterocycles. The number of aromatic nitrogens is 3. The van der Waals surface area contributed by atoms with Gasteiger partial charge < -0.3 is 15.0 Å². The highest BCUT2D eigenvalue weighted by molar-refractivity contribution is 6.31. The largest absolute Gasteiger partial charge is 0.363 e. The Morgan fingerprint density at radius 3 is 2.37 bits per heavy atom. The van der Waals surface area contributed by atoms with Gasteiger partial charge >= 0.3 is 0 Å². The van der Waals surface area contributed by atoms with Gasteiger partial charge in [-0.25, -0.2) is 0 Å². The van der Waals surface area contributed by atoms with Gasteiger partial charge in [0.05, 0.1) is 12.6 Å². The zero-order valence-corrected chi connectivity index (χ0v) is 18.9. The molecule has 1 fully saturated rings. The summed E-state index contributed by atoms with van der Waals surface area (Å²) in [6.45, 7) is 7.85. The first-order valence-corrected chi connectivity index (χ1v) is 10.9. The van der Waals surface area contributed by atoms with E-state index in [1.165, 1.54) is 0 Å². The van der Waals surface area contributed by atoms with Crippen LogP contribution in [0.4, 0.5) is 5.95 Å². The van der Waals surface area contributed by atoms with E-state index in [0.29, 0.717) is 25.6 Å². The number of nitrogens with zero attached hydrogens (tertiary/aromatic N) is 4. The molecule has 4 atom stereocenters. The molecule has 2 aromatic rings. The van der Waals surface area contributed by atoms with Crippen molar-refractivity contribution in [3.05, 3.63) is 46.5 Å². The van der Waals surface area contributed by atoms with E-state index in [2.05, 4.69) is 41.0 Å². The van der Waals surface area contributed by atoms with Crippen LogP contribution < -0.4 is 5.32 Å². The second-order valence-electron chi connectivity index (χ2n) is 7.61. The van der Waals surface area contributed by atoms with Crippen LogP contribution in [0.15, 0.2) is 30.3 Å². The van der Waals surface area contributed by atoms with Crippen LogP contribution in [0, 0.1) is 11.8 Å². The Bertz CT molecular complexity index is 834. The molecule has 2 heterocycles. The molecule has 0 radical (unpaired) electrons. The Labute approximate surface area is 187 Å². The summed E-state index contributed by atoms with van der Waals surface area (Å²) < 4.78 is 6.10. The molecule has 1 aromatic carbocycles. The molecular formula is C21H27Cl2N5O2. The highest BCUT2D eigenvalue weighted by Crippen LogP contribution is 2.32. The molecule has 7 nitrogen and oxygen atoms in total. The molecule has 0 aliphatic carbocycles. The van der Waals surface area contributed by atoms with Gasteiger partial charge in [0.1, 0.15) is 6.10 Å². The third-order valence-electron chi connectivity index (χ3n) is 5.63. The lowest BCUT2D eigenvalue weighted by Gasteiger charge is -2.46. The van der Waals surface area contributed by atoms with Crippen molar-refractivity contribution in [2.45, 2.75) is 45.9 Å². The monoisotopic (exact) mass is 451 g/mol. The van der Waals surface area contributed by atoms with Crippen molar-refractivity contribution < 1.29 is 9.53 Å². The highest BCUT2D eigenvalue weighted by atomic mass is 35.5. The number of amides is 1. The molecule has 1 amide bonds. The van der Waals surface area contributed by atoms with E-state index in [4.69, 9.17) is 27.9 Å². The summed E-state index contributed by atoms with van der Waals surface area (Å²) in [5.41, 5.74) is 1.06. The van der Waals surface area contributed by atoms with Crippen LogP contribution in [0.2, 0.25) is 10.6 Å². The van der Waals surface area contributed by atoms with Crippen LogP contribution in [0.3, 0.4) is 0 Å². The van der Waals surface area contributed by atoms with Crippen molar-refractivity contribution in [1.29, 1.82) is 0 Å². The Hall–Kier alpha value is -1.96. The van der Waals surface area contributed by atoms with Gasteiger partial charge in [0.25, 0.3) is 5.91 Å². The van der Waals surface area contributed by atoms with E-state index in [1.54, 1.807) is 0 Å². The highest BCUT2D eigenvalue weighted by Gasteiger charge is 2.44. The lowest BCUT2D eigenvalue weighted by atomic mass is 9.79. The SMILES string of the molecule is CCCN1C(=O)C(OCc2ccccc2)C(C)C(C)C1CNc1nc(Cl)nc(Cl)n1. The standard InChI is InChI=1S/C21H27Cl2N5O2/c1-4-10-28-16(11-24-21-26-19(22)25-20(23)27-21)13(2)14(3)17(18(28)29)30-12-15-8-6-5-7-9-15/h5-9,13-14,16-17H,4,10-12H2,1-3H3,(H,24,25,26,27). The molecule has 3 rings (SSSR count). The summed E-state index contributed by atoms with van der Waals surface area (Å²) in [6.07, 6.45) is 0.391. The molecular weight excluding hydrogens is 425 g/mol. The maximum absolute atomic E-state index is 13.3. The van der Waals surface area contributed by atoms with Gasteiger partial charge in [0.2, 0.25) is 16.5 Å². The number of piperidine rings is 1. The van der Waals surface area contributed by atoms with Crippen LogP contribution >= 0.6 is 23.2 Å². The van der Waals surface area contributed by atoms with Gasteiger partial charge in [-0.15, -0.1) is 0 Å². The number of carbonyl (C=O) groups excluding carboxylic acids is 1. The van der Waals surface area contributed by atoms with Crippen LogP contribution in [0.25, 0.3) is 0 Å². The predicted molar refractivity (Wildman–Crippen MR) is 117 cm³/mol. The number of anilines is 1. The average Bonchev–Trinajstić information content (AvgIpc) is 2.72. The fourth-order valence-corrected chi connectivity index (χ4v) is 4.22. The van der Waals surface area contributed by atoms with Crippen LogP contribution in [0.1, 0.15) is 32.8 Å². The normalized spacial score (nSPS) is 24.2. The van der Waals surface area contributed by atoms with E-state index < -0.39 is 6.10 Å². The first kappa shape index (κ1) is 22.7. The van der Waals surface area contributed by atoms with Gasteiger partial charge in [-0.2, -0.15) is 15.0 Å². The van der Waals surface area contributed by atoms with Crippen molar-refractivity contribution in [3.63, 3.8) is 0 Å². The maximum Gasteiger partial charge on any atom is 0.252 e. The molecule has 162 valence electrons. The molecule has 1 aliphatic rings. The Morgan fingerprint density at radius 1 is 1.07 bits per heavy atom. The number of rotatable bonds is 8. The van der Waals surface area contributed by atoms with Crippen molar-refractivity contribution in [2.75, 3.05) is 18.4 Å². The van der Waals surface area contributed by atoms with Crippen LogP contribution in [-0.2, 0) is 16.1 Å². The fourth-order valence-electron chi connectivity index (χ4n) is 3.86. The third-order valence-corrected chi connectivity index (χ3v) is 5.97. The molecule has 1 aliphatic heterocycles. The van der Waals surface area contributed by atoms with E-state index in [0.717, 1.165) is 12.0 Å². The molecule has 1 saturated heterocycles. The van der Waals surface area contributed by atoms with Crippen molar-refractivity contribution in [1.82, 2.24) is 19.9 Å². The zero-order valence-electron chi connectivity index (χ0n) is 17.4. The second kappa shape index (κ2) is 10.4. The fraction of sp³-hybridized carbons (Fsp3) is 0.524. The summed E-state index contributed by atoms with van der Waals surface area (Å²) in [5, 5.41) is 3.22.